The Morgan fingerprint density at radius 1 is 1.04 bits per heavy atom. The maximum Gasteiger partial charge on any atom is 0.243 e. The van der Waals surface area contributed by atoms with E-state index in [1.807, 2.05) is 4.90 Å². The lowest BCUT2D eigenvalue weighted by Crippen LogP contribution is -2.55. The molecule has 0 aromatic rings. The van der Waals surface area contributed by atoms with Gasteiger partial charge in [0.15, 0.2) is 0 Å². The molecule has 0 aromatic heterocycles. The number of piperidine rings is 1. The van der Waals surface area contributed by atoms with Crippen LogP contribution in [0.2, 0.25) is 0 Å². The number of carbonyl (C=O) groups excluding carboxylic acids is 2. The van der Waals surface area contributed by atoms with E-state index in [-0.39, 0.29) is 11.8 Å². The molecule has 6 heteroatoms. The lowest BCUT2D eigenvalue weighted by Gasteiger charge is -2.44. The Balaban J connectivity index is 1.48. The summed E-state index contributed by atoms with van der Waals surface area (Å²) in [6.45, 7) is 2.91. The van der Waals surface area contributed by atoms with Crippen LogP contribution in [0.3, 0.4) is 0 Å². The summed E-state index contributed by atoms with van der Waals surface area (Å²) in [4.78, 5) is 30.6. The minimum absolute atomic E-state index is 0.0761. The quantitative estimate of drug-likeness (QED) is 0.745. The topological polar surface area (TPSA) is 73.6 Å². The summed E-state index contributed by atoms with van der Waals surface area (Å²) >= 11 is 0. The third kappa shape index (κ3) is 3.24. The first-order chi connectivity index (χ1) is 13.1. The van der Waals surface area contributed by atoms with E-state index in [0.717, 1.165) is 38.6 Å². The van der Waals surface area contributed by atoms with Gasteiger partial charge >= 0.3 is 0 Å². The molecular weight excluding hydrogens is 342 g/mol. The van der Waals surface area contributed by atoms with Crippen LogP contribution in [0.1, 0.15) is 64.2 Å². The van der Waals surface area contributed by atoms with Gasteiger partial charge in [0.1, 0.15) is 5.41 Å². The Morgan fingerprint density at radius 3 is 2.48 bits per heavy atom. The molecule has 0 aromatic carbocycles. The summed E-state index contributed by atoms with van der Waals surface area (Å²) in [7, 11) is 0. The standard InChI is InChI=1S/C21H31N3O3/c22-15-20(9-13-27-14-10-20)18(25)23-12-8-21(16-23)7-4-11-24(19(21)26)17-5-2-1-3-6-17/h17H,1-14,16H2/t21-/m1/s1. The second kappa shape index (κ2) is 7.43. The van der Waals surface area contributed by atoms with Crippen molar-refractivity contribution < 1.29 is 14.3 Å². The second-order valence-electron chi connectivity index (χ2n) is 8.96. The highest BCUT2D eigenvalue weighted by Gasteiger charge is 2.53. The Bertz CT molecular complexity index is 631. The van der Waals surface area contributed by atoms with Crippen LogP contribution in [-0.4, -0.2) is 60.5 Å². The number of likely N-dealkylation sites (tertiary alicyclic amines) is 2. The minimum atomic E-state index is -0.954. The van der Waals surface area contributed by atoms with Gasteiger partial charge in [-0.3, -0.25) is 9.59 Å². The molecule has 4 fully saturated rings. The summed E-state index contributed by atoms with van der Waals surface area (Å²) in [5, 5.41) is 9.71. The van der Waals surface area contributed by atoms with Gasteiger partial charge < -0.3 is 14.5 Å². The van der Waals surface area contributed by atoms with E-state index >= 15 is 0 Å². The normalized spacial score (nSPS) is 31.9. The number of amides is 2. The fourth-order valence-corrected chi connectivity index (χ4v) is 5.66. The molecule has 1 atom stereocenters. The molecule has 1 spiro atoms. The molecule has 0 unspecified atom stereocenters. The zero-order chi connectivity index (χ0) is 18.9. The average molecular weight is 373 g/mol. The Labute approximate surface area is 161 Å². The molecule has 3 saturated heterocycles. The number of carbonyl (C=O) groups is 2. The van der Waals surface area contributed by atoms with Gasteiger partial charge in [-0.2, -0.15) is 5.26 Å². The first-order valence-corrected chi connectivity index (χ1v) is 10.7. The fourth-order valence-electron chi connectivity index (χ4n) is 5.66. The predicted octanol–water partition coefficient (Wildman–Crippen LogP) is 2.48. The lowest BCUT2D eigenvalue weighted by atomic mass is 9.76. The average Bonchev–Trinajstić information content (AvgIpc) is 3.15. The molecular formula is C21H31N3O3. The van der Waals surface area contributed by atoms with Gasteiger partial charge in [-0.05, 0) is 44.9 Å². The Morgan fingerprint density at radius 2 is 1.78 bits per heavy atom. The van der Waals surface area contributed by atoms with Crippen LogP contribution in [0, 0.1) is 22.2 Å². The zero-order valence-electron chi connectivity index (χ0n) is 16.3. The highest BCUT2D eigenvalue weighted by molar-refractivity contribution is 5.89. The van der Waals surface area contributed by atoms with Crippen LogP contribution in [0.15, 0.2) is 0 Å². The summed E-state index contributed by atoms with van der Waals surface area (Å²) in [6.07, 6.45) is 9.57. The number of hydrogen-bond acceptors (Lipinski definition) is 4. The van der Waals surface area contributed by atoms with Gasteiger partial charge in [0.25, 0.3) is 0 Å². The van der Waals surface area contributed by atoms with E-state index in [0.29, 0.717) is 45.2 Å². The number of nitrogens with zero attached hydrogens (tertiary/aromatic N) is 3. The van der Waals surface area contributed by atoms with Gasteiger partial charge in [0.05, 0.1) is 11.5 Å². The summed E-state index contributed by atoms with van der Waals surface area (Å²) in [5.41, 5.74) is -1.36. The van der Waals surface area contributed by atoms with Crippen molar-refractivity contribution in [3.8, 4) is 6.07 Å². The van der Waals surface area contributed by atoms with Crippen molar-refractivity contribution in [2.24, 2.45) is 10.8 Å². The van der Waals surface area contributed by atoms with Crippen molar-refractivity contribution in [3.63, 3.8) is 0 Å². The lowest BCUT2D eigenvalue weighted by molar-refractivity contribution is -0.150. The van der Waals surface area contributed by atoms with Crippen molar-refractivity contribution in [1.82, 2.24) is 9.80 Å². The molecule has 6 nitrogen and oxygen atoms in total. The van der Waals surface area contributed by atoms with Gasteiger partial charge in [-0.1, -0.05) is 19.3 Å². The molecule has 4 aliphatic rings. The number of ether oxygens (including phenoxy) is 1. The maximum atomic E-state index is 13.4. The molecule has 3 heterocycles. The smallest absolute Gasteiger partial charge is 0.243 e. The number of nitriles is 1. The van der Waals surface area contributed by atoms with Crippen molar-refractivity contribution in [3.05, 3.63) is 0 Å². The minimum Gasteiger partial charge on any atom is -0.381 e. The largest absolute Gasteiger partial charge is 0.381 e. The third-order valence-corrected chi connectivity index (χ3v) is 7.40. The first kappa shape index (κ1) is 18.7. The van der Waals surface area contributed by atoms with Gasteiger partial charge in [-0.25, -0.2) is 0 Å². The van der Waals surface area contributed by atoms with Crippen molar-refractivity contribution in [2.75, 3.05) is 32.8 Å². The summed E-state index contributed by atoms with van der Waals surface area (Å²) in [6, 6.07) is 2.69. The van der Waals surface area contributed by atoms with E-state index in [4.69, 9.17) is 4.74 Å². The van der Waals surface area contributed by atoms with E-state index in [9.17, 15) is 14.9 Å². The van der Waals surface area contributed by atoms with Crippen LogP contribution in [-0.2, 0) is 14.3 Å². The van der Waals surface area contributed by atoms with Crippen molar-refractivity contribution in [1.29, 1.82) is 5.26 Å². The number of hydrogen-bond donors (Lipinski definition) is 0. The molecule has 4 rings (SSSR count). The first-order valence-electron chi connectivity index (χ1n) is 10.7. The summed E-state index contributed by atoms with van der Waals surface area (Å²) in [5.74, 6) is 0.196. The van der Waals surface area contributed by atoms with Gasteiger partial charge in [-0.15, -0.1) is 0 Å². The van der Waals surface area contributed by atoms with Gasteiger partial charge in [0.2, 0.25) is 11.8 Å². The van der Waals surface area contributed by atoms with Crippen molar-refractivity contribution >= 4 is 11.8 Å². The van der Waals surface area contributed by atoms with E-state index in [1.54, 1.807) is 0 Å². The van der Waals surface area contributed by atoms with Gasteiger partial charge in [0, 0.05) is 38.9 Å². The molecule has 1 aliphatic carbocycles. The molecule has 0 radical (unpaired) electrons. The predicted molar refractivity (Wildman–Crippen MR) is 99.5 cm³/mol. The monoisotopic (exact) mass is 373 g/mol. The highest BCUT2D eigenvalue weighted by atomic mass is 16.5. The molecule has 3 aliphatic heterocycles. The molecule has 148 valence electrons. The number of rotatable bonds is 2. The Hall–Kier alpha value is -1.61. The fraction of sp³-hybridized carbons (Fsp3) is 0.857. The molecule has 0 N–H and O–H groups in total. The van der Waals surface area contributed by atoms with E-state index in [1.165, 1.54) is 19.3 Å². The van der Waals surface area contributed by atoms with E-state index < -0.39 is 10.8 Å². The van der Waals surface area contributed by atoms with Crippen LogP contribution < -0.4 is 0 Å². The van der Waals surface area contributed by atoms with Crippen LogP contribution >= 0.6 is 0 Å². The maximum absolute atomic E-state index is 13.4. The second-order valence-corrected chi connectivity index (χ2v) is 8.96. The molecule has 1 saturated carbocycles. The van der Waals surface area contributed by atoms with Crippen LogP contribution in [0.25, 0.3) is 0 Å². The molecule has 27 heavy (non-hydrogen) atoms. The van der Waals surface area contributed by atoms with E-state index in [2.05, 4.69) is 11.0 Å². The molecule has 0 bridgehead atoms. The SMILES string of the molecule is N#CC1(C(=O)N2CC[C@]3(CCCN(C4CCCCC4)C3=O)C2)CCOCC1. The highest BCUT2D eigenvalue weighted by Crippen LogP contribution is 2.44. The molecule has 2 amide bonds. The summed E-state index contributed by atoms with van der Waals surface area (Å²) < 4.78 is 5.36. The third-order valence-electron chi connectivity index (χ3n) is 7.40. The van der Waals surface area contributed by atoms with Crippen LogP contribution in [0.4, 0.5) is 0 Å². The van der Waals surface area contributed by atoms with Crippen molar-refractivity contribution in [2.45, 2.75) is 70.3 Å². The zero-order valence-corrected chi connectivity index (χ0v) is 16.3. The Kier molecular flexibility index (Phi) is 5.15. The van der Waals surface area contributed by atoms with Crippen LogP contribution in [0.5, 0.6) is 0 Å².